The molecule has 0 N–H and O–H groups in total. The van der Waals surface area contributed by atoms with Gasteiger partial charge in [0.1, 0.15) is 0 Å². The standard InChI is InChI=1S/C16H20N4O/c1-19-11-15(10-18-19)14-5-3-7-20(12-14)16(21)8-13-4-2-6-17-9-13/h2,4,6,9-11,14H,3,5,7-8,12H2,1H3. The van der Waals surface area contributed by atoms with Crippen LogP contribution < -0.4 is 0 Å². The first-order valence-corrected chi connectivity index (χ1v) is 7.37. The molecule has 1 atom stereocenters. The average Bonchev–Trinajstić information content (AvgIpc) is 2.95. The normalized spacial score (nSPS) is 18.7. The molecule has 0 aromatic carbocycles. The van der Waals surface area contributed by atoms with Crippen molar-refractivity contribution in [1.29, 1.82) is 0 Å². The molecule has 2 aromatic heterocycles. The third-order valence-corrected chi connectivity index (χ3v) is 4.05. The molecule has 3 rings (SSSR count). The number of hydrogen-bond acceptors (Lipinski definition) is 3. The van der Waals surface area contributed by atoms with Crippen molar-refractivity contribution in [1.82, 2.24) is 19.7 Å². The first kappa shape index (κ1) is 13.8. The molecule has 1 unspecified atom stereocenters. The van der Waals surface area contributed by atoms with E-state index in [2.05, 4.69) is 16.3 Å². The van der Waals surface area contributed by atoms with Gasteiger partial charge in [-0.05, 0) is 30.0 Å². The van der Waals surface area contributed by atoms with E-state index in [-0.39, 0.29) is 5.91 Å². The molecule has 0 bridgehead atoms. The van der Waals surface area contributed by atoms with Crippen molar-refractivity contribution in [2.24, 2.45) is 7.05 Å². The first-order chi connectivity index (χ1) is 10.2. The second-order valence-electron chi connectivity index (χ2n) is 5.66. The minimum atomic E-state index is 0.191. The fourth-order valence-corrected chi connectivity index (χ4v) is 2.92. The number of hydrogen-bond donors (Lipinski definition) is 0. The smallest absolute Gasteiger partial charge is 0.227 e. The van der Waals surface area contributed by atoms with E-state index in [0.717, 1.165) is 31.5 Å². The molecule has 5 nitrogen and oxygen atoms in total. The molecule has 0 aliphatic carbocycles. The van der Waals surface area contributed by atoms with E-state index in [1.54, 1.807) is 12.4 Å². The quantitative estimate of drug-likeness (QED) is 0.863. The zero-order chi connectivity index (χ0) is 14.7. The van der Waals surface area contributed by atoms with Gasteiger partial charge in [0.15, 0.2) is 0 Å². The summed E-state index contributed by atoms with van der Waals surface area (Å²) < 4.78 is 1.83. The van der Waals surface area contributed by atoms with Crippen molar-refractivity contribution in [3.63, 3.8) is 0 Å². The lowest BCUT2D eigenvalue weighted by Crippen LogP contribution is -2.39. The first-order valence-electron chi connectivity index (χ1n) is 7.37. The van der Waals surface area contributed by atoms with Crippen molar-refractivity contribution in [3.05, 3.63) is 48.0 Å². The van der Waals surface area contributed by atoms with Gasteiger partial charge >= 0.3 is 0 Å². The van der Waals surface area contributed by atoms with Crippen molar-refractivity contribution in [3.8, 4) is 0 Å². The Kier molecular flexibility index (Phi) is 3.99. The van der Waals surface area contributed by atoms with E-state index in [1.807, 2.05) is 35.0 Å². The number of amides is 1. The number of aryl methyl sites for hydroxylation is 1. The Bertz CT molecular complexity index is 608. The number of rotatable bonds is 3. The van der Waals surface area contributed by atoms with Gasteiger partial charge in [0.25, 0.3) is 0 Å². The maximum Gasteiger partial charge on any atom is 0.227 e. The maximum atomic E-state index is 12.4. The van der Waals surface area contributed by atoms with Crippen LogP contribution in [0.1, 0.15) is 29.9 Å². The Balaban J connectivity index is 1.64. The van der Waals surface area contributed by atoms with E-state index < -0.39 is 0 Å². The predicted molar refractivity (Wildman–Crippen MR) is 79.7 cm³/mol. The lowest BCUT2D eigenvalue weighted by atomic mass is 9.92. The van der Waals surface area contributed by atoms with Crippen LogP contribution in [0.2, 0.25) is 0 Å². The Morgan fingerprint density at radius 3 is 3.05 bits per heavy atom. The number of piperidine rings is 1. The molecule has 1 aliphatic heterocycles. The Hall–Kier alpha value is -2.17. The number of nitrogens with zero attached hydrogens (tertiary/aromatic N) is 4. The Labute approximate surface area is 124 Å². The van der Waals surface area contributed by atoms with Gasteiger partial charge < -0.3 is 4.90 Å². The maximum absolute atomic E-state index is 12.4. The summed E-state index contributed by atoms with van der Waals surface area (Å²) in [5.74, 6) is 0.599. The molecular weight excluding hydrogens is 264 g/mol. The van der Waals surface area contributed by atoms with E-state index in [9.17, 15) is 4.79 Å². The number of carbonyl (C=O) groups is 1. The number of likely N-dealkylation sites (tertiary alicyclic amines) is 1. The summed E-state index contributed by atoms with van der Waals surface area (Å²) in [7, 11) is 1.93. The molecule has 0 radical (unpaired) electrons. The topological polar surface area (TPSA) is 51.0 Å². The molecule has 0 spiro atoms. The SMILES string of the molecule is Cn1cc(C2CCCN(C(=O)Cc3cccnc3)C2)cn1. The van der Waals surface area contributed by atoms with E-state index in [1.165, 1.54) is 5.56 Å². The van der Waals surface area contributed by atoms with E-state index in [0.29, 0.717) is 12.3 Å². The fraction of sp³-hybridized carbons (Fsp3) is 0.438. The highest BCUT2D eigenvalue weighted by atomic mass is 16.2. The summed E-state index contributed by atoms with van der Waals surface area (Å²) in [6.45, 7) is 1.65. The fourth-order valence-electron chi connectivity index (χ4n) is 2.92. The number of aromatic nitrogens is 3. The van der Waals surface area contributed by atoms with Crippen LogP contribution in [0.15, 0.2) is 36.9 Å². The number of pyridine rings is 1. The van der Waals surface area contributed by atoms with Crippen molar-refractivity contribution in [2.75, 3.05) is 13.1 Å². The van der Waals surface area contributed by atoms with Crippen LogP contribution in [-0.4, -0.2) is 38.7 Å². The summed E-state index contributed by atoms with van der Waals surface area (Å²) in [4.78, 5) is 18.5. The molecule has 3 heterocycles. The van der Waals surface area contributed by atoms with E-state index in [4.69, 9.17) is 0 Å². The van der Waals surface area contributed by atoms with Gasteiger partial charge in [0, 0.05) is 44.6 Å². The third kappa shape index (κ3) is 3.29. The zero-order valence-corrected chi connectivity index (χ0v) is 12.3. The van der Waals surface area contributed by atoms with E-state index >= 15 is 0 Å². The minimum absolute atomic E-state index is 0.191. The van der Waals surface area contributed by atoms with Gasteiger partial charge in [-0.25, -0.2) is 0 Å². The van der Waals surface area contributed by atoms with Crippen LogP contribution in [0.4, 0.5) is 0 Å². The summed E-state index contributed by atoms with van der Waals surface area (Å²) >= 11 is 0. The van der Waals surface area contributed by atoms with Gasteiger partial charge in [-0.2, -0.15) is 5.10 Å². The Morgan fingerprint density at radius 1 is 1.43 bits per heavy atom. The van der Waals surface area contributed by atoms with Gasteiger partial charge in [0.05, 0.1) is 12.6 Å². The van der Waals surface area contributed by atoms with Gasteiger partial charge in [0.2, 0.25) is 5.91 Å². The molecule has 1 amide bonds. The third-order valence-electron chi connectivity index (χ3n) is 4.05. The lowest BCUT2D eigenvalue weighted by Gasteiger charge is -2.32. The number of carbonyl (C=O) groups excluding carboxylic acids is 1. The highest BCUT2D eigenvalue weighted by Crippen LogP contribution is 2.26. The molecule has 5 heteroatoms. The van der Waals surface area contributed by atoms with Gasteiger partial charge in [-0.15, -0.1) is 0 Å². The van der Waals surface area contributed by atoms with Crippen molar-refractivity contribution < 1.29 is 4.79 Å². The van der Waals surface area contributed by atoms with Crippen LogP contribution in [-0.2, 0) is 18.3 Å². The summed E-state index contributed by atoms with van der Waals surface area (Å²) in [6, 6.07) is 3.82. The van der Waals surface area contributed by atoms with Crippen LogP contribution in [0, 0.1) is 0 Å². The minimum Gasteiger partial charge on any atom is -0.342 e. The van der Waals surface area contributed by atoms with Gasteiger partial charge in [-0.3, -0.25) is 14.5 Å². The molecule has 1 saturated heterocycles. The lowest BCUT2D eigenvalue weighted by molar-refractivity contribution is -0.131. The molecule has 0 saturated carbocycles. The van der Waals surface area contributed by atoms with Crippen molar-refractivity contribution in [2.45, 2.75) is 25.2 Å². The Morgan fingerprint density at radius 2 is 2.33 bits per heavy atom. The summed E-state index contributed by atoms with van der Waals surface area (Å²) in [5, 5.41) is 4.23. The molecule has 2 aromatic rings. The monoisotopic (exact) mass is 284 g/mol. The highest BCUT2D eigenvalue weighted by molar-refractivity contribution is 5.78. The van der Waals surface area contributed by atoms with Gasteiger partial charge in [-0.1, -0.05) is 6.07 Å². The van der Waals surface area contributed by atoms with Crippen molar-refractivity contribution >= 4 is 5.91 Å². The summed E-state index contributed by atoms with van der Waals surface area (Å²) in [6.07, 6.45) is 10.1. The second-order valence-corrected chi connectivity index (χ2v) is 5.66. The largest absolute Gasteiger partial charge is 0.342 e. The van der Waals surface area contributed by atoms with Crippen LogP contribution in [0.3, 0.4) is 0 Å². The zero-order valence-electron chi connectivity index (χ0n) is 12.3. The molecular formula is C16H20N4O. The second kappa shape index (κ2) is 6.08. The summed E-state index contributed by atoms with van der Waals surface area (Å²) in [5.41, 5.74) is 2.21. The van der Waals surface area contributed by atoms with Crippen LogP contribution >= 0.6 is 0 Å². The molecule has 1 fully saturated rings. The highest BCUT2D eigenvalue weighted by Gasteiger charge is 2.25. The molecule has 110 valence electrons. The predicted octanol–water partition coefficient (Wildman–Crippen LogP) is 1.76. The van der Waals surface area contributed by atoms with Crippen LogP contribution in [0.5, 0.6) is 0 Å². The average molecular weight is 284 g/mol. The molecule has 1 aliphatic rings. The molecule has 21 heavy (non-hydrogen) atoms. The van der Waals surface area contributed by atoms with Crippen LogP contribution in [0.25, 0.3) is 0 Å².